The van der Waals surface area contributed by atoms with Gasteiger partial charge in [0.1, 0.15) is 5.75 Å². The number of benzene rings is 1. The minimum Gasteiger partial charge on any atom is -0.493 e. The van der Waals surface area contributed by atoms with Gasteiger partial charge in [0, 0.05) is 31.7 Å². The summed E-state index contributed by atoms with van der Waals surface area (Å²) in [4.78, 5) is 0. The lowest BCUT2D eigenvalue weighted by atomic mass is 10.1. The van der Waals surface area contributed by atoms with Crippen LogP contribution in [0, 0.1) is 6.92 Å². The van der Waals surface area contributed by atoms with Crippen molar-refractivity contribution in [1.29, 1.82) is 0 Å². The predicted molar refractivity (Wildman–Crippen MR) is 76.6 cm³/mol. The number of hydrogen-bond donors (Lipinski definition) is 1. The highest BCUT2D eigenvalue weighted by molar-refractivity contribution is 5.38. The van der Waals surface area contributed by atoms with E-state index in [0.717, 1.165) is 17.7 Å². The minimum atomic E-state index is -0.0205. The largest absolute Gasteiger partial charge is 0.493 e. The van der Waals surface area contributed by atoms with Crippen molar-refractivity contribution in [3.8, 4) is 5.75 Å². The van der Waals surface area contributed by atoms with Gasteiger partial charge in [-0.2, -0.15) is 0 Å². The maximum atomic E-state index is 5.95. The van der Waals surface area contributed by atoms with Gasteiger partial charge in [-0.1, -0.05) is 17.7 Å². The van der Waals surface area contributed by atoms with Gasteiger partial charge in [-0.15, -0.1) is 0 Å². The van der Waals surface area contributed by atoms with Crippen LogP contribution in [0.4, 0.5) is 0 Å². The molecule has 1 rings (SSSR count). The maximum absolute atomic E-state index is 5.95. The topological polar surface area (TPSA) is 53.7 Å². The van der Waals surface area contributed by atoms with Crippen LogP contribution in [-0.4, -0.2) is 33.5 Å². The van der Waals surface area contributed by atoms with E-state index in [-0.39, 0.29) is 6.04 Å². The Hall–Kier alpha value is -1.10. The molecule has 108 valence electrons. The molecule has 0 aromatic heterocycles. The van der Waals surface area contributed by atoms with Crippen molar-refractivity contribution >= 4 is 0 Å². The smallest absolute Gasteiger partial charge is 0.124 e. The van der Waals surface area contributed by atoms with Crippen molar-refractivity contribution in [2.24, 2.45) is 5.73 Å². The SMILES string of the molecule is COCCOCCCOc1ccc(C)cc1C(C)N. The summed E-state index contributed by atoms with van der Waals surface area (Å²) in [5, 5.41) is 0. The van der Waals surface area contributed by atoms with Crippen LogP contribution in [0.3, 0.4) is 0 Å². The van der Waals surface area contributed by atoms with E-state index >= 15 is 0 Å². The van der Waals surface area contributed by atoms with E-state index in [2.05, 4.69) is 13.0 Å². The molecule has 19 heavy (non-hydrogen) atoms. The summed E-state index contributed by atoms with van der Waals surface area (Å²) in [6.45, 7) is 6.60. The van der Waals surface area contributed by atoms with Crippen molar-refractivity contribution in [3.63, 3.8) is 0 Å². The lowest BCUT2D eigenvalue weighted by molar-refractivity contribution is 0.0644. The summed E-state index contributed by atoms with van der Waals surface area (Å²) < 4.78 is 16.0. The highest BCUT2D eigenvalue weighted by Crippen LogP contribution is 2.25. The normalized spacial score (nSPS) is 12.4. The van der Waals surface area contributed by atoms with Gasteiger partial charge in [-0.05, 0) is 19.9 Å². The molecule has 0 fully saturated rings. The van der Waals surface area contributed by atoms with E-state index in [0.29, 0.717) is 26.4 Å². The third-order valence-corrected chi connectivity index (χ3v) is 2.78. The molecule has 1 aromatic rings. The van der Waals surface area contributed by atoms with E-state index in [1.54, 1.807) is 7.11 Å². The van der Waals surface area contributed by atoms with Crippen molar-refractivity contribution in [3.05, 3.63) is 29.3 Å². The van der Waals surface area contributed by atoms with Crippen LogP contribution < -0.4 is 10.5 Å². The van der Waals surface area contributed by atoms with Gasteiger partial charge in [0.25, 0.3) is 0 Å². The molecule has 0 spiro atoms. The van der Waals surface area contributed by atoms with Gasteiger partial charge in [0.2, 0.25) is 0 Å². The molecule has 0 aliphatic carbocycles. The van der Waals surface area contributed by atoms with Crippen LogP contribution in [0.1, 0.15) is 30.5 Å². The molecule has 0 radical (unpaired) electrons. The summed E-state index contributed by atoms with van der Waals surface area (Å²) >= 11 is 0. The van der Waals surface area contributed by atoms with Crippen LogP contribution in [0.2, 0.25) is 0 Å². The molecule has 0 amide bonds. The van der Waals surface area contributed by atoms with Crippen LogP contribution in [0.5, 0.6) is 5.75 Å². The third-order valence-electron chi connectivity index (χ3n) is 2.78. The Balaban J connectivity index is 2.33. The summed E-state index contributed by atoms with van der Waals surface area (Å²) in [5.74, 6) is 0.873. The van der Waals surface area contributed by atoms with E-state index in [9.17, 15) is 0 Å². The first-order valence-corrected chi connectivity index (χ1v) is 6.70. The van der Waals surface area contributed by atoms with Gasteiger partial charge < -0.3 is 19.9 Å². The van der Waals surface area contributed by atoms with E-state index in [1.807, 2.05) is 19.1 Å². The number of nitrogens with two attached hydrogens (primary N) is 1. The number of aryl methyl sites for hydroxylation is 1. The summed E-state index contributed by atoms with van der Waals surface area (Å²) in [7, 11) is 1.67. The Morgan fingerprint density at radius 1 is 1.16 bits per heavy atom. The minimum absolute atomic E-state index is 0.0205. The van der Waals surface area contributed by atoms with Gasteiger partial charge in [-0.3, -0.25) is 0 Å². The maximum Gasteiger partial charge on any atom is 0.124 e. The van der Waals surface area contributed by atoms with Gasteiger partial charge in [0.15, 0.2) is 0 Å². The fourth-order valence-electron chi connectivity index (χ4n) is 1.74. The Morgan fingerprint density at radius 3 is 2.63 bits per heavy atom. The lowest BCUT2D eigenvalue weighted by Crippen LogP contribution is -2.10. The molecule has 4 nitrogen and oxygen atoms in total. The summed E-state index contributed by atoms with van der Waals surface area (Å²) in [5.41, 5.74) is 8.20. The second-order valence-corrected chi connectivity index (χ2v) is 4.64. The zero-order valence-corrected chi connectivity index (χ0v) is 12.1. The first-order chi connectivity index (χ1) is 9.15. The Kier molecular flexibility index (Phi) is 7.48. The third kappa shape index (κ3) is 6.05. The van der Waals surface area contributed by atoms with Crippen molar-refractivity contribution < 1.29 is 14.2 Å². The Labute approximate surface area is 115 Å². The molecule has 1 unspecified atom stereocenters. The number of rotatable bonds is 9. The predicted octanol–water partition coefficient (Wildman–Crippen LogP) is 2.45. The van der Waals surface area contributed by atoms with Crippen LogP contribution >= 0.6 is 0 Å². The highest BCUT2D eigenvalue weighted by Gasteiger charge is 2.08. The van der Waals surface area contributed by atoms with Crippen molar-refractivity contribution in [1.82, 2.24) is 0 Å². The number of ether oxygens (including phenoxy) is 3. The number of hydrogen-bond acceptors (Lipinski definition) is 4. The van der Waals surface area contributed by atoms with E-state index < -0.39 is 0 Å². The Bertz CT molecular complexity index is 366. The fraction of sp³-hybridized carbons (Fsp3) is 0.600. The lowest BCUT2D eigenvalue weighted by Gasteiger charge is -2.14. The first-order valence-electron chi connectivity index (χ1n) is 6.70. The zero-order valence-electron chi connectivity index (χ0n) is 12.1. The molecule has 0 aliphatic heterocycles. The first kappa shape index (κ1) is 16.0. The molecule has 2 N–H and O–H groups in total. The molecular weight excluding hydrogens is 242 g/mol. The zero-order chi connectivity index (χ0) is 14.1. The summed E-state index contributed by atoms with van der Waals surface area (Å²) in [6.07, 6.45) is 0.857. The molecule has 1 aromatic carbocycles. The van der Waals surface area contributed by atoms with E-state index in [4.69, 9.17) is 19.9 Å². The fourth-order valence-corrected chi connectivity index (χ4v) is 1.74. The quantitative estimate of drug-likeness (QED) is 0.698. The highest BCUT2D eigenvalue weighted by atomic mass is 16.5. The van der Waals surface area contributed by atoms with Gasteiger partial charge in [-0.25, -0.2) is 0 Å². The summed E-state index contributed by atoms with van der Waals surface area (Å²) in [6, 6.07) is 6.08. The molecule has 4 heteroatoms. The van der Waals surface area contributed by atoms with Crippen LogP contribution in [-0.2, 0) is 9.47 Å². The van der Waals surface area contributed by atoms with Crippen molar-refractivity contribution in [2.45, 2.75) is 26.3 Å². The molecule has 0 saturated carbocycles. The van der Waals surface area contributed by atoms with Crippen LogP contribution in [0.25, 0.3) is 0 Å². The monoisotopic (exact) mass is 267 g/mol. The molecule has 0 saturated heterocycles. The van der Waals surface area contributed by atoms with Gasteiger partial charge >= 0.3 is 0 Å². The molecule has 0 heterocycles. The second kappa shape index (κ2) is 8.91. The van der Waals surface area contributed by atoms with Gasteiger partial charge in [0.05, 0.1) is 19.8 Å². The average molecular weight is 267 g/mol. The van der Waals surface area contributed by atoms with E-state index in [1.165, 1.54) is 5.56 Å². The Morgan fingerprint density at radius 2 is 1.95 bits per heavy atom. The second-order valence-electron chi connectivity index (χ2n) is 4.64. The van der Waals surface area contributed by atoms with Crippen LogP contribution in [0.15, 0.2) is 18.2 Å². The molecule has 1 atom stereocenters. The average Bonchev–Trinajstić information content (AvgIpc) is 2.39. The van der Waals surface area contributed by atoms with Crippen molar-refractivity contribution in [2.75, 3.05) is 33.5 Å². The standard InChI is InChI=1S/C15H25NO3/c1-12-5-6-15(14(11-12)13(2)16)19-8-4-7-18-10-9-17-3/h5-6,11,13H,4,7-10,16H2,1-3H3. The molecular formula is C15H25NO3. The number of methoxy groups -OCH3 is 1. The molecule has 0 aliphatic rings. The molecule has 0 bridgehead atoms.